The highest BCUT2D eigenvalue weighted by Gasteiger charge is 2.02. The van der Waals surface area contributed by atoms with E-state index in [0.29, 0.717) is 0 Å². The van der Waals surface area contributed by atoms with E-state index in [1.165, 1.54) is 0 Å². The van der Waals surface area contributed by atoms with Crippen LogP contribution in [0.3, 0.4) is 0 Å². The monoisotopic (exact) mass is 206 g/mol. The van der Waals surface area contributed by atoms with Crippen molar-refractivity contribution in [3.8, 4) is 0 Å². The largest absolute Gasteiger partial charge is 0.128 e. The molecular formula is C8H8Cl2S. The molecule has 0 saturated carbocycles. The van der Waals surface area contributed by atoms with E-state index in [9.17, 15) is 0 Å². The van der Waals surface area contributed by atoms with Gasteiger partial charge in [0.25, 0.3) is 0 Å². The summed E-state index contributed by atoms with van der Waals surface area (Å²) in [6.07, 6.45) is 1.99. The predicted octanol–water partition coefficient (Wildman–Crippen LogP) is 4.02. The van der Waals surface area contributed by atoms with Crippen molar-refractivity contribution in [3.63, 3.8) is 0 Å². The summed E-state index contributed by atoms with van der Waals surface area (Å²) in [6, 6.07) is 3.78. The third kappa shape index (κ3) is 2.05. The zero-order valence-electron chi connectivity index (χ0n) is 6.32. The molecule has 0 amide bonds. The van der Waals surface area contributed by atoms with E-state index in [0.717, 1.165) is 20.5 Å². The summed E-state index contributed by atoms with van der Waals surface area (Å²) in [5, 5.41) is 1.46. The Hall–Kier alpha value is 0.150. The van der Waals surface area contributed by atoms with Crippen molar-refractivity contribution in [2.24, 2.45) is 0 Å². The molecule has 0 heterocycles. The van der Waals surface area contributed by atoms with Crippen molar-refractivity contribution in [2.75, 3.05) is 6.26 Å². The van der Waals surface area contributed by atoms with E-state index in [-0.39, 0.29) is 0 Å². The van der Waals surface area contributed by atoms with Gasteiger partial charge in [-0.05, 0) is 30.9 Å². The summed E-state index contributed by atoms with van der Waals surface area (Å²) in [7, 11) is 0. The molecule has 3 heteroatoms. The third-order valence-corrected chi connectivity index (χ3v) is 3.04. The fourth-order valence-corrected chi connectivity index (χ4v) is 1.95. The molecule has 60 valence electrons. The average Bonchev–Trinajstić information content (AvgIpc) is 1.97. The van der Waals surface area contributed by atoms with Gasteiger partial charge in [-0.15, -0.1) is 11.8 Å². The Kier molecular flexibility index (Phi) is 3.11. The average molecular weight is 207 g/mol. The Morgan fingerprint density at radius 1 is 1.18 bits per heavy atom. The van der Waals surface area contributed by atoms with E-state index in [1.54, 1.807) is 17.8 Å². The highest BCUT2D eigenvalue weighted by molar-refractivity contribution is 7.98. The van der Waals surface area contributed by atoms with E-state index in [1.807, 2.05) is 19.2 Å². The van der Waals surface area contributed by atoms with E-state index in [4.69, 9.17) is 23.2 Å². The molecule has 0 radical (unpaired) electrons. The molecule has 1 aromatic carbocycles. The minimum atomic E-state index is 0.729. The summed E-state index contributed by atoms with van der Waals surface area (Å²) in [5.41, 5.74) is 1.07. The molecule has 0 aliphatic heterocycles. The molecule has 11 heavy (non-hydrogen) atoms. The molecule has 0 saturated heterocycles. The molecule has 0 nitrogen and oxygen atoms in total. The highest BCUT2D eigenvalue weighted by atomic mass is 35.5. The zero-order chi connectivity index (χ0) is 8.43. The van der Waals surface area contributed by atoms with Crippen LogP contribution in [0.4, 0.5) is 0 Å². The lowest BCUT2D eigenvalue weighted by molar-refractivity contribution is 1.36. The van der Waals surface area contributed by atoms with Crippen molar-refractivity contribution < 1.29 is 0 Å². The molecule has 0 spiro atoms. The second-order valence-corrected chi connectivity index (χ2v) is 3.90. The quantitative estimate of drug-likeness (QED) is 0.626. The number of aryl methyl sites for hydroxylation is 1. The van der Waals surface area contributed by atoms with Crippen LogP contribution >= 0.6 is 35.0 Å². The lowest BCUT2D eigenvalue weighted by atomic mass is 10.2. The van der Waals surface area contributed by atoms with Crippen molar-refractivity contribution in [3.05, 3.63) is 27.7 Å². The molecule has 0 unspecified atom stereocenters. The number of benzene rings is 1. The van der Waals surface area contributed by atoms with Crippen LogP contribution in [-0.4, -0.2) is 6.26 Å². The van der Waals surface area contributed by atoms with E-state index in [2.05, 4.69) is 0 Å². The maximum Gasteiger partial charge on any atom is 0.0556 e. The van der Waals surface area contributed by atoms with Gasteiger partial charge in [0, 0.05) is 9.92 Å². The predicted molar refractivity (Wildman–Crippen MR) is 53.0 cm³/mol. The molecule has 0 aliphatic rings. The summed E-state index contributed by atoms with van der Waals surface area (Å²) in [6.45, 7) is 1.97. The smallest absolute Gasteiger partial charge is 0.0556 e. The summed E-state index contributed by atoms with van der Waals surface area (Å²) >= 11 is 13.4. The third-order valence-electron chi connectivity index (χ3n) is 1.43. The zero-order valence-corrected chi connectivity index (χ0v) is 8.65. The second kappa shape index (κ2) is 3.70. The minimum Gasteiger partial charge on any atom is -0.128 e. The van der Waals surface area contributed by atoms with Crippen LogP contribution in [-0.2, 0) is 0 Å². The highest BCUT2D eigenvalue weighted by Crippen LogP contribution is 2.30. The van der Waals surface area contributed by atoms with Gasteiger partial charge in [-0.2, -0.15) is 0 Å². The molecule has 0 bridgehead atoms. The van der Waals surface area contributed by atoms with Crippen LogP contribution in [0, 0.1) is 6.92 Å². The Morgan fingerprint density at radius 3 is 2.36 bits per heavy atom. The molecule has 0 atom stereocenters. The van der Waals surface area contributed by atoms with Gasteiger partial charge >= 0.3 is 0 Å². The molecule has 1 aromatic rings. The van der Waals surface area contributed by atoms with Crippen molar-refractivity contribution >= 4 is 35.0 Å². The van der Waals surface area contributed by atoms with Gasteiger partial charge in [0.05, 0.1) is 5.02 Å². The maximum atomic E-state index is 5.90. The second-order valence-electron chi connectivity index (χ2n) is 2.24. The van der Waals surface area contributed by atoms with Gasteiger partial charge in [-0.1, -0.05) is 23.2 Å². The standard InChI is InChI=1S/C8H8Cl2S/c1-5-3-8(11-2)7(10)4-6(5)9/h3-4H,1-2H3. The van der Waals surface area contributed by atoms with Gasteiger partial charge in [-0.25, -0.2) is 0 Å². The van der Waals surface area contributed by atoms with E-state index < -0.39 is 0 Å². The van der Waals surface area contributed by atoms with Gasteiger partial charge in [0.1, 0.15) is 0 Å². The van der Waals surface area contributed by atoms with Crippen molar-refractivity contribution in [1.29, 1.82) is 0 Å². The van der Waals surface area contributed by atoms with Crippen LogP contribution in [0.2, 0.25) is 10.0 Å². The number of rotatable bonds is 1. The van der Waals surface area contributed by atoms with Crippen LogP contribution < -0.4 is 0 Å². The first-order chi connectivity index (χ1) is 5.15. The molecule has 1 rings (SSSR count). The number of hydrogen-bond acceptors (Lipinski definition) is 1. The van der Waals surface area contributed by atoms with Crippen molar-refractivity contribution in [1.82, 2.24) is 0 Å². The Morgan fingerprint density at radius 2 is 1.82 bits per heavy atom. The number of halogens is 2. The number of thioether (sulfide) groups is 1. The van der Waals surface area contributed by atoms with Gasteiger partial charge in [0.2, 0.25) is 0 Å². The fraction of sp³-hybridized carbons (Fsp3) is 0.250. The van der Waals surface area contributed by atoms with E-state index >= 15 is 0 Å². The topological polar surface area (TPSA) is 0 Å². The normalized spacial score (nSPS) is 10.2. The Labute approximate surface area is 80.9 Å². The van der Waals surface area contributed by atoms with Crippen LogP contribution in [0.5, 0.6) is 0 Å². The summed E-state index contributed by atoms with van der Waals surface area (Å²) in [4.78, 5) is 1.08. The summed E-state index contributed by atoms with van der Waals surface area (Å²) < 4.78 is 0. The molecule has 0 fully saturated rings. The Balaban J connectivity index is 3.21. The first-order valence-corrected chi connectivity index (χ1v) is 5.13. The fourth-order valence-electron chi connectivity index (χ4n) is 0.787. The SMILES string of the molecule is CSc1cc(C)c(Cl)cc1Cl. The molecular weight excluding hydrogens is 199 g/mol. The van der Waals surface area contributed by atoms with Crippen molar-refractivity contribution in [2.45, 2.75) is 11.8 Å². The first kappa shape index (κ1) is 9.24. The minimum absolute atomic E-state index is 0.729. The first-order valence-electron chi connectivity index (χ1n) is 3.15. The van der Waals surface area contributed by atoms with Crippen LogP contribution in [0.15, 0.2) is 17.0 Å². The van der Waals surface area contributed by atoms with Crippen LogP contribution in [0.1, 0.15) is 5.56 Å². The Bertz CT molecular complexity index is 271. The van der Waals surface area contributed by atoms with Gasteiger partial charge < -0.3 is 0 Å². The number of hydrogen-bond donors (Lipinski definition) is 0. The van der Waals surface area contributed by atoms with Gasteiger partial charge in [0.15, 0.2) is 0 Å². The lowest BCUT2D eigenvalue weighted by Gasteiger charge is -2.03. The lowest BCUT2D eigenvalue weighted by Crippen LogP contribution is -1.78. The molecule has 0 N–H and O–H groups in total. The van der Waals surface area contributed by atoms with Gasteiger partial charge in [-0.3, -0.25) is 0 Å². The molecule has 0 aromatic heterocycles. The van der Waals surface area contributed by atoms with Crippen LogP contribution in [0.25, 0.3) is 0 Å². The maximum absolute atomic E-state index is 5.90. The summed E-state index contributed by atoms with van der Waals surface area (Å²) in [5.74, 6) is 0. The molecule has 0 aliphatic carbocycles.